The Morgan fingerprint density at radius 2 is 1.79 bits per heavy atom. The van der Waals surface area contributed by atoms with E-state index in [9.17, 15) is 0 Å². The quantitative estimate of drug-likeness (QED) is 0.569. The van der Waals surface area contributed by atoms with E-state index >= 15 is 0 Å². The van der Waals surface area contributed by atoms with Crippen LogP contribution in [0.3, 0.4) is 0 Å². The molecule has 0 N–H and O–H groups in total. The van der Waals surface area contributed by atoms with Gasteiger partial charge in [-0.25, -0.2) is 0 Å². The highest BCUT2D eigenvalue weighted by molar-refractivity contribution is 5.80. The molecule has 0 amide bonds. The van der Waals surface area contributed by atoms with Gasteiger partial charge in [-0.1, -0.05) is 44.7 Å². The molecular formula is C12H12N2. The molecule has 0 radical (unpaired) electrons. The Hall–Kier alpha value is -1.88. The first kappa shape index (κ1) is 10.2. The molecule has 0 atom stereocenters. The van der Waals surface area contributed by atoms with Crippen molar-refractivity contribution in [2.75, 3.05) is 0 Å². The van der Waals surface area contributed by atoms with Gasteiger partial charge in [0, 0.05) is 5.39 Å². The molecule has 1 aromatic heterocycles. The summed E-state index contributed by atoms with van der Waals surface area (Å²) in [4.78, 5) is 7.40. The van der Waals surface area contributed by atoms with Crippen molar-refractivity contribution in [2.24, 2.45) is 0 Å². The van der Waals surface area contributed by atoms with E-state index in [0.717, 1.165) is 10.9 Å². The van der Waals surface area contributed by atoms with Gasteiger partial charge in [-0.2, -0.15) is 0 Å². The molecule has 0 aliphatic heterocycles. The smallest absolute Gasteiger partial charge is 0.270 e. The molecule has 2 rings (SSSR count). The second-order valence-electron chi connectivity index (χ2n) is 2.47. The van der Waals surface area contributed by atoms with Crippen molar-refractivity contribution >= 4 is 16.7 Å². The average molecular weight is 184 g/mol. The van der Waals surface area contributed by atoms with Crippen LogP contribution in [0.4, 0.5) is 5.82 Å². The minimum atomic E-state index is 0.453. The van der Waals surface area contributed by atoms with E-state index in [1.807, 2.05) is 44.2 Å². The lowest BCUT2D eigenvalue weighted by molar-refractivity contribution is 1.44. The molecule has 2 nitrogen and oxygen atoms in total. The minimum Gasteiger partial charge on any atom is -0.361 e. The highest BCUT2D eigenvalue weighted by Crippen LogP contribution is 2.15. The zero-order chi connectivity index (χ0) is 10.4. The molecule has 2 aromatic rings. The second-order valence-corrected chi connectivity index (χ2v) is 2.47. The molecule has 0 spiro atoms. The normalized spacial score (nSPS) is 8.64. The first-order valence-corrected chi connectivity index (χ1v) is 4.63. The largest absolute Gasteiger partial charge is 0.361 e. The van der Waals surface area contributed by atoms with Gasteiger partial charge in [0.05, 0.1) is 0 Å². The third-order valence-electron chi connectivity index (χ3n) is 1.70. The van der Waals surface area contributed by atoms with Gasteiger partial charge in [0.15, 0.2) is 5.52 Å². The molecule has 0 saturated heterocycles. The van der Waals surface area contributed by atoms with Gasteiger partial charge in [-0.3, -0.25) is 0 Å². The fourth-order valence-electron chi connectivity index (χ4n) is 1.12. The Bertz CT molecular complexity index is 455. The van der Waals surface area contributed by atoms with Gasteiger partial charge in [-0.05, 0) is 12.1 Å². The second kappa shape index (κ2) is 4.98. The molecule has 14 heavy (non-hydrogen) atoms. The predicted octanol–water partition coefficient (Wildman–Crippen LogP) is 3.81. The van der Waals surface area contributed by atoms with Gasteiger partial charge in [0.2, 0.25) is 0 Å². The molecule has 0 saturated carbocycles. The third-order valence-corrected chi connectivity index (χ3v) is 1.70. The number of fused-ring (bicyclic) bond motifs is 1. The van der Waals surface area contributed by atoms with Gasteiger partial charge in [0.25, 0.3) is 5.82 Å². The van der Waals surface area contributed by atoms with Crippen LogP contribution in [0.1, 0.15) is 13.8 Å². The Kier molecular flexibility index (Phi) is 3.63. The van der Waals surface area contributed by atoms with Crippen molar-refractivity contribution in [1.29, 1.82) is 0 Å². The maximum atomic E-state index is 6.78. The van der Waals surface area contributed by atoms with Crippen molar-refractivity contribution in [3.63, 3.8) is 0 Å². The van der Waals surface area contributed by atoms with Crippen LogP contribution in [-0.4, -0.2) is 4.98 Å². The standard InChI is InChI=1S/C10H6N2.C2H6/c1-11-10-7-6-8-4-2-3-5-9(8)12-10;1-2/h2-7H;1-2H3. The molecule has 0 fully saturated rings. The van der Waals surface area contributed by atoms with E-state index in [-0.39, 0.29) is 0 Å². The summed E-state index contributed by atoms with van der Waals surface area (Å²) in [6.07, 6.45) is 0. The fourth-order valence-corrected chi connectivity index (χ4v) is 1.12. The van der Waals surface area contributed by atoms with Crippen LogP contribution >= 0.6 is 0 Å². The SMILES string of the molecule is CC.[C-]#[N+]c1ccc2ccccc2n1. The van der Waals surface area contributed by atoms with Crippen LogP contribution in [0.5, 0.6) is 0 Å². The highest BCUT2D eigenvalue weighted by atomic mass is 14.9. The summed E-state index contributed by atoms with van der Waals surface area (Å²) in [5, 5.41) is 1.07. The minimum absolute atomic E-state index is 0.453. The van der Waals surface area contributed by atoms with E-state index in [4.69, 9.17) is 6.57 Å². The van der Waals surface area contributed by atoms with E-state index in [0.29, 0.717) is 5.82 Å². The summed E-state index contributed by atoms with van der Waals surface area (Å²) in [5.74, 6) is 0.453. The highest BCUT2D eigenvalue weighted by Gasteiger charge is 1.97. The fraction of sp³-hybridized carbons (Fsp3) is 0.167. The summed E-state index contributed by atoms with van der Waals surface area (Å²) in [7, 11) is 0. The van der Waals surface area contributed by atoms with Crippen LogP contribution < -0.4 is 0 Å². The lowest BCUT2D eigenvalue weighted by atomic mass is 10.2. The van der Waals surface area contributed by atoms with Gasteiger partial charge in [0.1, 0.15) is 0 Å². The summed E-state index contributed by atoms with van der Waals surface area (Å²) >= 11 is 0. The number of pyridine rings is 1. The zero-order valence-electron chi connectivity index (χ0n) is 8.36. The first-order chi connectivity index (χ1) is 6.90. The molecule has 0 aliphatic carbocycles. The first-order valence-electron chi connectivity index (χ1n) is 4.63. The summed E-state index contributed by atoms with van der Waals surface area (Å²) < 4.78 is 0. The van der Waals surface area contributed by atoms with Crippen LogP contribution in [-0.2, 0) is 0 Å². The summed E-state index contributed by atoms with van der Waals surface area (Å²) in [6, 6.07) is 11.4. The number of hydrogen-bond acceptors (Lipinski definition) is 1. The predicted molar refractivity (Wildman–Crippen MR) is 59.4 cm³/mol. The Labute approximate surface area is 84.0 Å². The number of rotatable bonds is 0. The number of nitrogens with zero attached hydrogens (tertiary/aromatic N) is 2. The van der Waals surface area contributed by atoms with E-state index < -0.39 is 0 Å². The molecule has 1 aromatic carbocycles. The topological polar surface area (TPSA) is 17.2 Å². The van der Waals surface area contributed by atoms with Crippen molar-refractivity contribution < 1.29 is 0 Å². The van der Waals surface area contributed by atoms with E-state index in [1.165, 1.54) is 0 Å². The lowest BCUT2D eigenvalue weighted by Gasteiger charge is -1.91. The van der Waals surface area contributed by atoms with Crippen LogP contribution in [0.15, 0.2) is 36.4 Å². The van der Waals surface area contributed by atoms with Gasteiger partial charge >= 0.3 is 0 Å². The van der Waals surface area contributed by atoms with Crippen molar-refractivity contribution in [1.82, 2.24) is 4.98 Å². The maximum Gasteiger partial charge on any atom is 0.270 e. The van der Waals surface area contributed by atoms with Gasteiger partial charge < -0.3 is 4.85 Å². The van der Waals surface area contributed by atoms with E-state index in [1.54, 1.807) is 6.07 Å². The molecule has 2 heteroatoms. The van der Waals surface area contributed by atoms with Crippen LogP contribution in [0.2, 0.25) is 0 Å². The number of aromatic nitrogens is 1. The number of hydrogen-bond donors (Lipinski definition) is 0. The zero-order valence-corrected chi connectivity index (χ0v) is 8.36. The third kappa shape index (κ3) is 2.08. The van der Waals surface area contributed by atoms with Gasteiger partial charge in [-0.15, -0.1) is 4.98 Å². The van der Waals surface area contributed by atoms with Crippen LogP contribution in [0, 0.1) is 6.57 Å². The van der Waals surface area contributed by atoms with Crippen LogP contribution in [0.25, 0.3) is 15.7 Å². The molecule has 0 unspecified atom stereocenters. The maximum absolute atomic E-state index is 6.78. The Balaban J connectivity index is 0.000000461. The average Bonchev–Trinajstić information content (AvgIpc) is 2.31. The summed E-state index contributed by atoms with van der Waals surface area (Å²) in [5.41, 5.74) is 0.881. The molecule has 70 valence electrons. The van der Waals surface area contributed by atoms with E-state index in [2.05, 4.69) is 9.83 Å². The molecule has 0 aliphatic rings. The Morgan fingerprint density at radius 3 is 2.50 bits per heavy atom. The molecule has 0 bridgehead atoms. The Morgan fingerprint density at radius 1 is 1.07 bits per heavy atom. The number of para-hydroxylation sites is 1. The number of benzene rings is 1. The van der Waals surface area contributed by atoms with Crippen molar-refractivity contribution in [3.05, 3.63) is 47.8 Å². The van der Waals surface area contributed by atoms with Crippen molar-refractivity contribution in [2.45, 2.75) is 13.8 Å². The van der Waals surface area contributed by atoms with Crippen molar-refractivity contribution in [3.8, 4) is 0 Å². The molecular weight excluding hydrogens is 172 g/mol. The monoisotopic (exact) mass is 184 g/mol. The lowest BCUT2D eigenvalue weighted by Crippen LogP contribution is -1.75. The molecule has 1 heterocycles. The summed E-state index contributed by atoms with van der Waals surface area (Å²) in [6.45, 7) is 10.8.